The Morgan fingerprint density at radius 1 is 1.32 bits per heavy atom. The maximum Gasteiger partial charge on any atom is 0.239 e. The Kier molecular flexibility index (Phi) is 6.80. The monoisotopic (exact) mass is 269 g/mol. The first kappa shape index (κ1) is 16.4. The van der Waals surface area contributed by atoms with Crippen molar-refractivity contribution in [1.82, 2.24) is 15.1 Å². The van der Waals surface area contributed by atoms with E-state index in [-0.39, 0.29) is 11.9 Å². The third-order valence-electron chi connectivity index (χ3n) is 4.34. The van der Waals surface area contributed by atoms with Crippen LogP contribution in [-0.2, 0) is 4.79 Å². The molecule has 19 heavy (non-hydrogen) atoms. The molecule has 2 unspecified atom stereocenters. The standard InChI is InChI=1S/C15H31N3O/c1-6-9-16-12(2)14-7-10-18(11-8-14)13(3)15(19)17(4)5/h12-14,16H,6-11H2,1-5H3. The van der Waals surface area contributed by atoms with Crippen molar-refractivity contribution in [3.8, 4) is 0 Å². The fourth-order valence-electron chi connectivity index (χ4n) is 2.88. The molecule has 1 amide bonds. The van der Waals surface area contributed by atoms with Crippen molar-refractivity contribution < 1.29 is 4.79 Å². The number of carbonyl (C=O) groups excluding carboxylic acids is 1. The Bertz CT molecular complexity index is 273. The molecule has 0 bridgehead atoms. The molecule has 4 heteroatoms. The van der Waals surface area contributed by atoms with Crippen LogP contribution in [0.2, 0.25) is 0 Å². The summed E-state index contributed by atoms with van der Waals surface area (Å²) < 4.78 is 0. The van der Waals surface area contributed by atoms with Crippen LogP contribution in [0, 0.1) is 5.92 Å². The Morgan fingerprint density at radius 3 is 2.37 bits per heavy atom. The lowest BCUT2D eigenvalue weighted by atomic mass is 9.89. The van der Waals surface area contributed by atoms with Gasteiger partial charge in [0.1, 0.15) is 0 Å². The molecule has 0 spiro atoms. The van der Waals surface area contributed by atoms with E-state index in [0.717, 1.165) is 25.6 Å². The number of hydrogen-bond donors (Lipinski definition) is 1. The molecule has 1 rings (SSSR count). The average molecular weight is 269 g/mol. The summed E-state index contributed by atoms with van der Waals surface area (Å²) in [4.78, 5) is 16.0. The van der Waals surface area contributed by atoms with Gasteiger partial charge >= 0.3 is 0 Å². The zero-order chi connectivity index (χ0) is 14.4. The van der Waals surface area contributed by atoms with Crippen molar-refractivity contribution in [2.24, 2.45) is 5.92 Å². The van der Waals surface area contributed by atoms with E-state index < -0.39 is 0 Å². The zero-order valence-electron chi connectivity index (χ0n) is 13.3. The number of piperidine rings is 1. The maximum absolute atomic E-state index is 12.0. The van der Waals surface area contributed by atoms with Gasteiger partial charge in [-0.2, -0.15) is 0 Å². The molecular weight excluding hydrogens is 238 g/mol. The van der Waals surface area contributed by atoms with Crippen LogP contribution in [0.25, 0.3) is 0 Å². The Labute approximate surface area is 118 Å². The predicted octanol–water partition coefficient (Wildman–Crippen LogP) is 1.56. The highest BCUT2D eigenvalue weighted by molar-refractivity contribution is 5.80. The second-order valence-electron chi connectivity index (χ2n) is 6.02. The summed E-state index contributed by atoms with van der Waals surface area (Å²) >= 11 is 0. The summed E-state index contributed by atoms with van der Waals surface area (Å²) in [6.45, 7) is 9.73. The van der Waals surface area contributed by atoms with E-state index in [9.17, 15) is 4.79 Å². The molecule has 1 aliphatic heterocycles. The molecule has 1 heterocycles. The van der Waals surface area contributed by atoms with E-state index in [4.69, 9.17) is 0 Å². The van der Waals surface area contributed by atoms with E-state index in [0.29, 0.717) is 6.04 Å². The van der Waals surface area contributed by atoms with Gasteiger partial charge in [0.2, 0.25) is 5.91 Å². The second-order valence-corrected chi connectivity index (χ2v) is 6.02. The zero-order valence-corrected chi connectivity index (χ0v) is 13.3. The van der Waals surface area contributed by atoms with Crippen molar-refractivity contribution >= 4 is 5.91 Å². The first-order valence-electron chi connectivity index (χ1n) is 7.66. The molecular formula is C15H31N3O. The minimum Gasteiger partial charge on any atom is -0.347 e. The van der Waals surface area contributed by atoms with Crippen LogP contribution in [-0.4, -0.2) is 61.5 Å². The molecule has 0 radical (unpaired) electrons. The first-order valence-corrected chi connectivity index (χ1v) is 7.66. The van der Waals surface area contributed by atoms with Gasteiger partial charge in [0.15, 0.2) is 0 Å². The number of nitrogens with zero attached hydrogens (tertiary/aromatic N) is 2. The lowest BCUT2D eigenvalue weighted by Gasteiger charge is -2.38. The first-order chi connectivity index (χ1) is 8.97. The van der Waals surface area contributed by atoms with Gasteiger partial charge < -0.3 is 10.2 Å². The van der Waals surface area contributed by atoms with Crippen molar-refractivity contribution in [3.05, 3.63) is 0 Å². The third-order valence-corrected chi connectivity index (χ3v) is 4.34. The van der Waals surface area contributed by atoms with Crippen LogP contribution in [0.1, 0.15) is 40.0 Å². The molecule has 0 aromatic rings. The molecule has 1 N–H and O–H groups in total. The lowest BCUT2D eigenvalue weighted by Crippen LogP contribution is -2.49. The molecule has 112 valence electrons. The number of likely N-dealkylation sites (N-methyl/N-ethyl adjacent to an activating group) is 1. The predicted molar refractivity (Wildman–Crippen MR) is 80.2 cm³/mol. The minimum absolute atomic E-state index is 0.0230. The number of likely N-dealkylation sites (tertiary alicyclic amines) is 1. The Balaban J connectivity index is 2.38. The van der Waals surface area contributed by atoms with Crippen LogP contribution in [0.4, 0.5) is 0 Å². The Hall–Kier alpha value is -0.610. The molecule has 4 nitrogen and oxygen atoms in total. The number of rotatable bonds is 6. The third kappa shape index (κ3) is 4.77. The summed E-state index contributed by atoms with van der Waals surface area (Å²) in [5, 5.41) is 3.59. The van der Waals surface area contributed by atoms with Crippen LogP contribution in [0.5, 0.6) is 0 Å². The van der Waals surface area contributed by atoms with Crippen LogP contribution < -0.4 is 5.32 Å². The van der Waals surface area contributed by atoms with Crippen molar-refractivity contribution in [2.45, 2.75) is 52.1 Å². The van der Waals surface area contributed by atoms with Gasteiger partial charge in [0.05, 0.1) is 6.04 Å². The number of nitrogens with one attached hydrogen (secondary N) is 1. The Morgan fingerprint density at radius 2 is 1.89 bits per heavy atom. The summed E-state index contributed by atoms with van der Waals surface area (Å²) in [7, 11) is 3.67. The minimum atomic E-state index is 0.0230. The summed E-state index contributed by atoms with van der Waals surface area (Å²) in [6, 6.07) is 0.622. The van der Waals surface area contributed by atoms with Gasteiger partial charge in [-0.3, -0.25) is 9.69 Å². The topological polar surface area (TPSA) is 35.6 Å². The molecule has 1 saturated heterocycles. The van der Waals surface area contributed by atoms with E-state index in [2.05, 4.69) is 24.1 Å². The second kappa shape index (κ2) is 7.85. The molecule has 0 aromatic carbocycles. The maximum atomic E-state index is 12.0. The lowest BCUT2D eigenvalue weighted by molar-refractivity contribution is -0.134. The summed E-state index contributed by atoms with van der Waals surface area (Å²) in [5.74, 6) is 0.972. The fraction of sp³-hybridized carbons (Fsp3) is 0.933. The SMILES string of the molecule is CCCNC(C)C1CCN(C(C)C(=O)N(C)C)CC1. The molecule has 1 fully saturated rings. The smallest absolute Gasteiger partial charge is 0.239 e. The van der Waals surface area contributed by atoms with Crippen molar-refractivity contribution in [3.63, 3.8) is 0 Å². The van der Waals surface area contributed by atoms with E-state index in [1.54, 1.807) is 4.90 Å². The van der Waals surface area contributed by atoms with E-state index in [1.165, 1.54) is 19.3 Å². The summed E-state index contributed by atoms with van der Waals surface area (Å²) in [6.07, 6.45) is 3.59. The highest BCUT2D eigenvalue weighted by Gasteiger charge is 2.29. The fourth-order valence-corrected chi connectivity index (χ4v) is 2.88. The molecule has 0 aromatic heterocycles. The van der Waals surface area contributed by atoms with Gasteiger partial charge in [-0.1, -0.05) is 6.92 Å². The highest BCUT2D eigenvalue weighted by Crippen LogP contribution is 2.22. The van der Waals surface area contributed by atoms with Gasteiger partial charge in [-0.25, -0.2) is 0 Å². The van der Waals surface area contributed by atoms with Crippen molar-refractivity contribution in [2.75, 3.05) is 33.7 Å². The van der Waals surface area contributed by atoms with Crippen molar-refractivity contribution in [1.29, 1.82) is 0 Å². The molecule has 0 aliphatic carbocycles. The van der Waals surface area contributed by atoms with Gasteiger partial charge in [0, 0.05) is 20.1 Å². The highest BCUT2D eigenvalue weighted by atomic mass is 16.2. The largest absolute Gasteiger partial charge is 0.347 e. The molecule has 0 saturated carbocycles. The van der Waals surface area contributed by atoms with Gasteiger partial charge in [0.25, 0.3) is 0 Å². The van der Waals surface area contributed by atoms with Crippen LogP contribution in [0.15, 0.2) is 0 Å². The number of amides is 1. The van der Waals surface area contributed by atoms with Gasteiger partial charge in [-0.15, -0.1) is 0 Å². The van der Waals surface area contributed by atoms with E-state index >= 15 is 0 Å². The number of hydrogen-bond acceptors (Lipinski definition) is 3. The summed E-state index contributed by atoms with van der Waals surface area (Å²) in [5.41, 5.74) is 0. The average Bonchev–Trinajstić information content (AvgIpc) is 2.43. The van der Waals surface area contributed by atoms with E-state index in [1.807, 2.05) is 21.0 Å². The quantitative estimate of drug-likeness (QED) is 0.795. The van der Waals surface area contributed by atoms with Crippen LogP contribution in [0.3, 0.4) is 0 Å². The number of carbonyl (C=O) groups is 1. The normalized spacial score (nSPS) is 21.1. The molecule has 1 aliphatic rings. The van der Waals surface area contributed by atoms with Crippen LogP contribution >= 0.6 is 0 Å². The van der Waals surface area contributed by atoms with Gasteiger partial charge in [-0.05, 0) is 58.7 Å². The molecule has 2 atom stereocenters.